The number of carbonyl (C=O) groups is 1. The summed E-state index contributed by atoms with van der Waals surface area (Å²) in [6.07, 6.45) is 3.82. The van der Waals surface area contributed by atoms with Crippen LogP contribution >= 0.6 is 0 Å². The molecular formula is C17H26N2O2. The Kier molecular flexibility index (Phi) is 6.05. The minimum absolute atomic E-state index is 0.107. The van der Waals surface area contributed by atoms with Crippen LogP contribution in [0.1, 0.15) is 24.8 Å². The van der Waals surface area contributed by atoms with Gasteiger partial charge in [0, 0.05) is 39.5 Å². The highest BCUT2D eigenvalue weighted by Gasteiger charge is 2.14. The summed E-state index contributed by atoms with van der Waals surface area (Å²) in [5, 5.41) is 3.00. The second kappa shape index (κ2) is 8.03. The number of hydrogen-bond donors (Lipinski definition) is 1. The van der Waals surface area contributed by atoms with Crippen molar-refractivity contribution >= 4 is 11.6 Å². The molecule has 1 N–H and O–H groups in total. The molecule has 1 aliphatic rings. The molecule has 0 spiro atoms. The number of hydrogen-bond acceptors (Lipinski definition) is 3. The molecule has 1 fully saturated rings. The number of nitrogens with one attached hydrogen (secondary N) is 1. The average molecular weight is 290 g/mol. The largest absolute Gasteiger partial charge is 0.381 e. The van der Waals surface area contributed by atoms with Crippen molar-refractivity contribution in [2.45, 2.75) is 25.7 Å². The first-order valence-electron chi connectivity index (χ1n) is 7.76. The molecular weight excluding hydrogens is 264 g/mol. The third-order valence-corrected chi connectivity index (χ3v) is 3.95. The zero-order valence-corrected chi connectivity index (χ0v) is 13.1. The van der Waals surface area contributed by atoms with Crippen LogP contribution in [0.25, 0.3) is 0 Å². The first-order valence-corrected chi connectivity index (χ1v) is 7.76. The van der Waals surface area contributed by atoms with Gasteiger partial charge in [-0.2, -0.15) is 0 Å². The van der Waals surface area contributed by atoms with E-state index in [1.807, 2.05) is 38.4 Å². The molecule has 0 bridgehead atoms. The first-order chi connectivity index (χ1) is 10.1. The Balaban J connectivity index is 1.64. The highest BCUT2D eigenvalue weighted by molar-refractivity contribution is 5.78. The Labute approximate surface area is 127 Å². The predicted octanol–water partition coefficient (Wildman–Crippen LogP) is 2.23. The van der Waals surface area contributed by atoms with Crippen molar-refractivity contribution in [3.8, 4) is 0 Å². The van der Waals surface area contributed by atoms with Crippen LogP contribution in [0.2, 0.25) is 0 Å². The maximum atomic E-state index is 11.9. The highest BCUT2D eigenvalue weighted by atomic mass is 16.5. The molecule has 0 unspecified atom stereocenters. The summed E-state index contributed by atoms with van der Waals surface area (Å²) in [6, 6.07) is 8.13. The van der Waals surface area contributed by atoms with Gasteiger partial charge in [-0.3, -0.25) is 4.79 Å². The Morgan fingerprint density at radius 1 is 1.33 bits per heavy atom. The lowest BCUT2D eigenvalue weighted by Crippen LogP contribution is -2.26. The summed E-state index contributed by atoms with van der Waals surface area (Å²) >= 11 is 0. The van der Waals surface area contributed by atoms with Crippen molar-refractivity contribution in [2.24, 2.45) is 5.92 Å². The minimum atomic E-state index is 0.107. The predicted molar refractivity (Wildman–Crippen MR) is 85.6 cm³/mol. The molecule has 1 amide bonds. The van der Waals surface area contributed by atoms with Gasteiger partial charge in [-0.1, -0.05) is 12.1 Å². The van der Waals surface area contributed by atoms with E-state index in [0.717, 1.165) is 43.9 Å². The molecule has 116 valence electrons. The number of rotatable bonds is 7. The molecule has 2 rings (SSSR count). The van der Waals surface area contributed by atoms with Crippen molar-refractivity contribution in [1.29, 1.82) is 0 Å². The van der Waals surface area contributed by atoms with E-state index in [9.17, 15) is 4.79 Å². The molecule has 0 saturated carbocycles. The third-order valence-electron chi connectivity index (χ3n) is 3.95. The monoisotopic (exact) mass is 290 g/mol. The zero-order chi connectivity index (χ0) is 15.1. The van der Waals surface area contributed by atoms with E-state index in [1.165, 1.54) is 6.42 Å². The van der Waals surface area contributed by atoms with Crippen molar-refractivity contribution in [2.75, 3.05) is 38.8 Å². The standard InChI is InChI=1S/C17H26N2O2/c1-19(2)16-7-5-14(6-8-16)12-17(20)18-10-3-4-15-9-11-21-13-15/h5-8,15H,3-4,9-13H2,1-2H3,(H,18,20)/t15-/m1/s1. The molecule has 4 nitrogen and oxygen atoms in total. The number of carbonyl (C=O) groups excluding carboxylic acids is 1. The smallest absolute Gasteiger partial charge is 0.224 e. The van der Waals surface area contributed by atoms with Gasteiger partial charge in [0.1, 0.15) is 0 Å². The molecule has 0 aliphatic carbocycles. The van der Waals surface area contributed by atoms with Crippen molar-refractivity contribution < 1.29 is 9.53 Å². The summed E-state index contributed by atoms with van der Waals surface area (Å²) < 4.78 is 5.35. The van der Waals surface area contributed by atoms with E-state index in [1.54, 1.807) is 0 Å². The summed E-state index contributed by atoms with van der Waals surface area (Å²) in [7, 11) is 4.02. The van der Waals surface area contributed by atoms with Gasteiger partial charge in [-0.05, 0) is 42.9 Å². The van der Waals surface area contributed by atoms with E-state index in [4.69, 9.17) is 4.74 Å². The molecule has 1 heterocycles. The number of ether oxygens (including phenoxy) is 1. The number of nitrogens with zero attached hydrogens (tertiary/aromatic N) is 1. The van der Waals surface area contributed by atoms with Crippen molar-refractivity contribution in [1.82, 2.24) is 5.32 Å². The van der Waals surface area contributed by atoms with Crippen LogP contribution in [0.15, 0.2) is 24.3 Å². The normalized spacial score (nSPS) is 17.7. The molecule has 1 atom stereocenters. The van der Waals surface area contributed by atoms with Gasteiger partial charge in [-0.25, -0.2) is 0 Å². The lowest BCUT2D eigenvalue weighted by molar-refractivity contribution is -0.120. The second-order valence-electron chi connectivity index (χ2n) is 5.96. The quantitative estimate of drug-likeness (QED) is 0.783. The van der Waals surface area contributed by atoms with Crippen LogP contribution in [0.5, 0.6) is 0 Å². The van der Waals surface area contributed by atoms with Gasteiger partial charge >= 0.3 is 0 Å². The molecule has 21 heavy (non-hydrogen) atoms. The first kappa shape index (κ1) is 15.8. The summed E-state index contributed by atoms with van der Waals surface area (Å²) in [4.78, 5) is 13.9. The highest BCUT2D eigenvalue weighted by Crippen LogP contribution is 2.17. The summed E-state index contributed by atoms with van der Waals surface area (Å²) in [6.45, 7) is 2.57. The van der Waals surface area contributed by atoms with Crippen LogP contribution in [-0.4, -0.2) is 39.8 Å². The van der Waals surface area contributed by atoms with E-state index >= 15 is 0 Å². The number of amides is 1. The maximum absolute atomic E-state index is 11.9. The molecule has 1 aliphatic heterocycles. The van der Waals surface area contributed by atoms with Gasteiger partial charge < -0.3 is 15.0 Å². The Hall–Kier alpha value is -1.55. The molecule has 0 radical (unpaired) electrons. The maximum Gasteiger partial charge on any atom is 0.224 e. The van der Waals surface area contributed by atoms with E-state index in [-0.39, 0.29) is 5.91 Å². The summed E-state index contributed by atoms with van der Waals surface area (Å²) in [5.74, 6) is 0.802. The van der Waals surface area contributed by atoms with Crippen LogP contribution < -0.4 is 10.2 Å². The number of anilines is 1. The van der Waals surface area contributed by atoms with Crippen molar-refractivity contribution in [3.05, 3.63) is 29.8 Å². The van der Waals surface area contributed by atoms with Crippen molar-refractivity contribution in [3.63, 3.8) is 0 Å². The van der Waals surface area contributed by atoms with Gasteiger partial charge in [0.2, 0.25) is 5.91 Å². The third kappa shape index (κ3) is 5.38. The lowest BCUT2D eigenvalue weighted by atomic mass is 10.0. The van der Waals surface area contributed by atoms with Crippen LogP contribution in [0.3, 0.4) is 0 Å². The summed E-state index contributed by atoms with van der Waals surface area (Å²) in [5.41, 5.74) is 2.21. The Morgan fingerprint density at radius 2 is 2.10 bits per heavy atom. The van der Waals surface area contributed by atoms with Gasteiger partial charge in [0.15, 0.2) is 0 Å². The zero-order valence-electron chi connectivity index (χ0n) is 13.1. The van der Waals surface area contributed by atoms with E-state index in [0.29, 0.717) is 12.3 Å². The van der Waals surface area contributed by atoms with Gasteiger partial charge in [0.05, 0.1) is 6.42 Å². The van der Waals surface area contributed by atoms with E-state index in [2.05, 4.69) is 10.2 Å². The Bertz CT molecular complexity index is 437. The fraction of sp³-hybridized carbons (Fsp3) is 0.588. The molecule has 0 aromatic heterocycles. The van der Waals surface area contributed by atoms with Gasteiger partial charge in [0.25, 0.3) is 0 Å². The molecule has 1 saturated heterocycles. The molecule has 1 aromatic carbocycles. The number of benzene rings is 1. The lowest BCUT2D eigenvalue weighted by Gasteiger charge is -2.12. The average Bonchev–Trinajstić information content (AvgIpc) is 2.97. The molecule has 4 heteroatoms. The topological polar surface area (TPSA) is 41.6 Å². The minimum Gasteiger partial charge on any atom is -0.381 e. The fourth-order valence-corrected chi connectivity index (χ4v) is 2.59. The van der Waals surface area contributed by atoms with Crippen LogP contribution in [0.4, 0.5) is 5.69 Å². The Morgan fingerprint density at radius 3 is 2.71 bits per heavy atom. The fourth-order valence-electron chi connectivity index (χ4n) is 2.59. The second-order valence-corrected chi connectivity index (χ2v) is 5.96. The van der Waals surface area contributed by atoms with Gasteiger partial charge in [-0.15, -0.1) is 0 Å². The van der Waals surface area contributed by atoms with E-state index < -0.39 is 0 Å². The molecule has 1 aromatic rings. The SMILES string of the molecule is CN(C)c1ccc(CC(=O)NCCC[C@@H]2CCOC2)cc1. The van der Waals surface area contributed by atoms with Crippen LogP contribution in [-0.2, 0) is 16.0 Å². The van der Waals surface area contributed by atoms with Crippen LogP contribution in [0, 0.1) is 5.92 Å².